The number of nitrogens with zero attached hydrogens (tertiary/aromatic N) is 3. The molecule has 1 N–H and O–H groups in total. The van der Waals surface area contributed by atoms with Gasteiger partial charge in [-0.1, -0.05) is 30.3 Å². The second-order valence-corrected chi connectivity index (χ2v) is 11.7. The summed E-state index contributed by atoms with van der Waals surface area (Å²) in [6.07, 6.45) is 0.244. The summed E-state index contributed by atoms with van der Waals surface area (Å²) in [5.74, 6) is -0.198. The van der Waals surface area contributed by atoms with E-state index >= 15 is 0 Å². The summed E-state index contributed by atoms with van der Waals surface area (Å²) in [5.41, 5.74) is 1.48. The van der Waals surface area contributed by atoms with Crippen molar-refractivity contribution < 1.29 is 32.3 Å². The lowest BCUT2D eigenvalue weighted by molar-refractivity contribution is -0.139. The number of anilines is 1. The molecule has 0 spiro atoms. The average molecular weight is 595 g/mol. The van der Waals surface area contributed by atoms with Crippen LogP contribution in [0.5, 0.6) is 11.5 Å². The zero-order valence-electron chi connectivity index (χ0n) is 23.7. The first-order valence-corrected chi connectivity index (χ1v) is 14.7. The first-order chi connectivity index (χ1) is 20.1. The molecule has 1 fully saturated rings. The molecule has 1 saturated heterocycles. The van der Waals surface area contributed by atoms with E-state index in [1.165, 1.54) is 41.2 Å². The molecule has 0 aromatic heterocycles. The highest BCUT2D eigenvalue weighted by Gasteiger charge is 2.34. The van der Waals surface area contributed by atoms with Gasteiger partial charge in [-0.2, -0.15) is 4.31 Å². The zero-order chi connectivity index (χ0) is 30.3. The fourth-order valence-electron chi connectivity index (χ4n) is 4.59. The number of hydrogen-bond acceptors (Lipinski definition) is 7. The predicted octanol–water partition coefficient (Wildman–Crippen LogP) is 1.93. The number of hydrogen-bond donors (Lipinski definition) is 1. The van der Waals surface area contributed by atoms with Crippen LogP contribution in [-0.2, 0) is 30.8 Å². The van der Waals surface area contributed by atoms with Gasteiger partial charge >= 0.3 is 0 Å². The molecule has 3 aromatic carbocycles. The van der Waals surface area contributed by atoms with Gasteiger partial charge in [-0.25, -0.2) is 8.42 Å². The molecular formula is C30H34N4O7S. The van der Waals surface area contributed by atoms with Crippen molar-refractivity contribution in [2.24, 2.45) is 0 Å². The topological polar surface area (TPSA) is 126 Å². The lowest BCUT2D eigenvalue weighted by Gasteiger charge is -2.33. The average Bonchev–Trinajstić information content (AvgIpc) is 3.01. The third-order valence-electron chi connectivity index (χ3n) is 7.02. The maximum absolute atomic E-state index is 13.5. The van der Waals surface area contributed by atoms with Crippen LogP contribution in [0.4, 0.5) is 5.69 Å². The fraction of sp³-hybridized carbons (Fsp3) is 0.300. The van der Waals surface area contributed by atoms with E-state index in [4.69, 9.17) is 9.47 Å². The summed E-state index contributed by atoms with van der Waals surface area (Å²) in [7, 11) is 0.758. The number of carbonyl (C=O) groups excluding carboxylic acids is 3. The van der Waals surface area contributed by atoms with Crippen LogP contribution in [0.2, 0.25) is 0 Å². The van der Waals surface area contributed by atoms with Gasteiger partial charge in [0.1, 0.15) is 17.5 Å². The quantitative estimate of drug-likeness (QED) is 0.360. The van der Waals surface area contributed by atoms with Gasteiger partial charge in [0, 0.05) is 32.2 Å². The minimum absolute atomic E-state index is 0.0277. The maximum Gasteiger partial charge on any atom is 0.249 e. The van der Waals surface area contributed by atoms with Crippen molar-refractivity contribution in [1.82, 2.24) is 14.5 Å². The van der Waals surface area contributed by atoms with Gasteiger partial charge in [0.05, 0.1) is 32.2 Å². The largest absolute Gasteiger partial charge is 0.497 e. The summed E-state index contributed by atoms with van der Waals surface area (Å²) in [6.45, 7) is -0.640. The van der Waals surface area contributed by atoms with Gasteiger partial charge in [-0.15, -0.1) is 0 Å². The highest BCUT2D eigenvalue weighted by molar-refractivity contribution is 7.89. The Kier molecular flexibility index (Phi) is 9.81. The van der Waals surface area contributed by atoms with Crippen LogP contribution in [-0.4, -0.2) is 88.8 Å². The molecule has 11 nitrogen and oxygen atoms in total. The zero-order valence-corrected chi connectivity index (χ0v) is 24.5. The van der Waals surface area contributed by atoms with Crippen LogP contribution < -0.4 is 19.7 Å². The molecule has 0 bridgehead atoms. The van der Waals surface area contributed by atoms with Crippen LogP contribution in [0, 0.1) is 0 Å². The van der Waals surface area contributed by atoms with Gasteiger partial charge in [0.25, 0.3) is 0 Å². The number of likely N-dealkylation sites (N-methyl/N-ethyl adjacent to an activating group) is 1. The second kappa shape index (κ2) is 13.5. The number of ether oxygens (including phenoxy) is 2. The van der Waals surface area contributed by atoms with Crippen molar-refractivity contribution in [2.75, 3.05) is 52.3 Å². The second-order valence-electron chi connectivity index (χ2n) is 9.73. The number of carbonyl (C=O) groups is 3. The molecule has 0 saturated carbocycles. The molecule has 3 amide bonds. The van der Waals surface area contributed by atoms with E-state index < -0.39 is 34.4 Å². The molecule has 1 aliphatic heterocycles. The summed E-state index contributed by atoms with van der Waals surface area (Å²) >= 11 is 0. The van der Waals surface area contributed by atoms with Crippen LogP contribution in [0.1, 0.15) is 5.56 Å². The van der Waals surface area contributed by atoms with Crippen molar-refractivity contribution in [3.63, 3.8) is 0 Å². The van der Waals surface area contributed by atoms with Crippen LogP contribution in [0.15, 0.2) is 83.8 Å². The maximum atomic E-state index is 13.5. The number of rotatable bonds is 11. The van der Waals surface area contributed by atoms with Crippen LogP contribution in [0.3, 0.4) is 0 Å². The van der Waals surface area contributed by atoms with Crippen molar-refractivity contribution in [3.05, 3.63) is 84.4 Å². The van der Waals surface area contributed by atoms with Crippen molar-refractivity contribution in [3.8, 4) is 11.5 Å². The van der Waals surface area contributed by atoms with E-state index in [0.717, 1.165) is 9.87 Å². The first kappa shape index (κ1) is 30.5. The Hall–Kier alpha value is -4.42. The molecule has 1 atom stereocenters. The minimum Gasteiger partial charge on any atom is -0.497 e. The molecule has 12 heteroatoms. The number of piperazine rings is 1. The lowest BCUT2D eigenvalue weighted by Crippen LogP contribution is -2.56. The monoisotopic (exact) mass is 594 g/mol. The fourth-order valence-corrected chi connectivity index (χ4v) is 5.97. The third kappa shape index (κ3) is 7.25. The molecule has 3 aromatic rings. The number of nitrogens with one attached hydrogen (secondary N) is 1. The molecule has 0 unspecified atom stereocenters. The highest BCUT2D eigenvalue weighted by atomic mass is 32.2. The smallest absolute Gasteiger partial charge is 0.249 e. The van der Waals surface area contributed by atoms with Crippen LogP contribution in [0.25, 0.3) is 0 Å². The molecule has 42 heavy (non-hydrogen) atoms. The summed E-state index contributed by atoms with van der Waals surface area (Å²) in [5, 5.41) is 2.79. The van der Waals surface area contributed by atoms with E-state index in [1.807, 2.05) is 30.3 Å². The van der Waals surface area contributed by atoms with Crippen molar-refractivity contribution in [2.45, 2.75) is 17.4 Å². The molecule has 1 heterocycles. The number of benzene rings is 3. The predicted molar refractivity (Wildman–Crippen MR) is 157 cm³/mol. The van der Waals surface area contributed by atoms with E-state index in [1.54, 1.807) is 38.4 Å². The van der Waals surface area contributed by atoms with Gasteiger partial charge in [-0.3, -0.25) is 14.4 Å². The lowest BCUT2D eigenvalue weighted by atomic mass is 10.0. The molecule has 4 rings (SSSR count). The minimum atomic E-state index is -3.91. The normalized spacial score (nSPS) is 14.6. The third-order valence-corrected chi connectivity index (χ3v) is 8.88. The summed E-state index contributed by atoms with van der Waals surface area (Å²) in [6, 6.07) is 21.3. The Morgan fingerprint density at radius 2 is 1.50 bits per heavy atom. The summed E-state index contributed by atoms with van der Waals surface area (Å²) < 4.78 is 37.5. The van der Waals surface area contributed by atoms with Crippen molar-refractivity contribution in [1.29, 1.82) is 0 Å². The van der Waals surface area contributed by atoms with Gasteiger partial charge in [-0.05, 0) is 54.1 Å². The van der Waals surface area contributed by atoms with Crippen LogP contribution >= 0.6 is 0 Å². The van der Waals surface area contributed by atoms with Crippen molar-refractivity contribution >= 4 is 33.4 Å². The van der Waals surface area contributed by atoms with E-state index in [0.29, 0.717) is 17.2 Å². The Morgan fingerprint density at radius 1 is 0.905 bits per heavy atom. The van der Waals surface area contributed by atoms with Gasteiger partial charge in [0.2, 0.25) is 27.7 Å². The molecule has 1 aliphatic rings. The van der Waals surface area contributed by atoms with Gasteiger partial charge in [0.15, 0.2) is 0 Å². The Balaban J connectivity index is 1.42. The first-order valence-electron chi connectivity index (χ1n) is 13.3. The number of methoxy groups -OCH3 is 2. The molecule has 0 aliphatic carbocycles. The van der Waals surface area contributed by atoms with E-state index in [-0.39, 0.29) is 36.9 Å². The van der Waals surface area contributed by atoms with E-state index in [9.17, 15) is 22.8 Å². The standard InChI is InChI=1S/C30H34N4O7S/c1-32(23-9-11-24(40-2)12-10-23)30(37)27(19-22-7-5-4-6-8-22)31-28(35)20-33-17-18-34(21-29(33)36)42(38,39)26-15-13-25(41-3)14-16-26/h4-16,27H,17-21H2,1-3H3,(H,31,35)/t27-/m0/s1. The summed E-state index contributed by atoms with van der Waals surface area (Å²) in [4.78, 5) is 42.4. The Labute approximate surface area is 245 Å². The number of sulfonamides is 1. The Morgan fingerprint density at radius 3 is 2.07 bits per heavy atom. The molecular weight excluding hydrogens is 560 g/mol. The van der Waals surface area contributed by atoms with Gasteiger partial charge < -0.3 is 24.6 Å². The van der Waals surface area contributed by atoms with E-state index in [2.05, 4.69) is 5.32 Å². The molecule has 222 valence electrons. The molecule has 0 radical (unpaired) electrons. The highest BCUT2D eigenvalue weighted by Crippen LogP contribution is 2.22. The SMILES string of the molecule is COc1ccc(N(C)C(=O)[C@H](Cc2ccccc2)NC(=O)CN2CCN(S(=O)(=O)c3ccc(OC)cc3)CC2=O)cc1. The Bertz CT molecular complexity index is 1500. The number of amides is 3.